The summed E-state index contributed by atoms with van der Waals surface area (Å²) in [7, 11) is 1.58. The Morgan fingerprint density at radius 1 is 1.26 bits per heavy atom. The molecule has 0 radical (unpaired) electrons. The van der Waals surface area contributed by atoms with Crippen LogP contribution in [0, 0.1) is 6.92 Å². The molecule has 3 aromatic rings. The molecule has 188 valence electrons. The van der Waals surface area contributed by atoms with Crippen molar-refractivity contribution in [3.8, 4) is 10.9 Å². The van der Waals surface area contributed by atoms with Crippen molar-refractivity contribution in [1.82, 2.24) is 24.9 Å². The Balaban J connectivity index is 1.46. The monoisotopic (exact) mass is 521 g/mol. The Labute approximate surface area is 210 Å². The van der Waals surface area contributed by atoms with Crippen LogP contribution in [0.1, 0.15) is 16.2 Å². The minimum Gasteiger partial charge on any atom is -0.484 e. The summed E-state index contributed by atoms with van der Waals surface area (Å²) in [6.07, 6.45) is 1.65. The van der Waals surface area contributed by atoms with E-state index in [0.29, 0.717) is 37.1 Å². The Kier molecular flexibility index (Phi) is 8.74. The lowest BCUT2D eigenvalue weighted by atomic mass is 10.3. The molecule has 1 aliphatic rings. The number of hydrogen-bond acceptors (Lipinski definition) is 12. The van der Waals surface area contributed by atoms with E-state index in [1.54, 1.807) is 18.0 Å². The smallest absolute Gasteiger partial charge is 0.381 e. The van der Waals surface area contributed by atoms with Gasteiger partial charge in [0, 0.05) is 62.8 Å². The first-order valence-corrected chi connectivity index (χ1v) is 13.0. The molecule has 3 aromatic heterocycles. The zero-order valence-electron chi connectivity index (χ0n) is 19.5. The van der Waals surface area contributed by atoms with Crippen LogP contribution in [0.15, 0.2) is 27.5 Å². The number of aromatic nitrogens is 4. The van der Waals surface area contributed by atoms with Crippen molar-refractivity contribution < 1.29 is 18.7 Å². The topological polar surface area (TPSA) is 137 Å². The number of carbonyl (C=O) groups is 1. The SMILES string of the molecule is COCCNc1cc(C(=O)Nc2nnc(-n3nccc3C)s2)oc(=O)c1OCCN1CCSCC1. The van der Waals surface area contributed by atoms with Crippen LogP contribution in [0.5, 0.6) is 5.75 Å². The molecule has 0 aromatic carbocycles. The standard InChI is InChI=1S/C21H27N7O5S2/c1-14-3-4-23-28(14)21-26-25-20(35-21)24-18(29)16-13-15(22-5-9-31-2)17(19(30)33-16)32-10-6-27-7-11-34-12-8-27/h3-4,13,22H,5-12H2,1-2H3,(H,24,25,29). The summed E-state index contributed by atoms with van der Waals surface area (Å²) in [6, 6.07) is 3.28. The number of thioether (sulfide) groups is 1. The van der Waals surface area contributed by atoms with Gasteiger partial charge < -0.3 is 19.2 Å². The number of nitrogens with one attached hydrogen (secondary N) is 2. The Hall–Kier alpha value is -2.94. The average Bonchev–Trinajstić information content (AvgIpc) is 3.49. The maximum Gasteiger partial charge on any atom is 0.381 e. The highest BCUT2D eigenvalue weighted by Gasteiger charge is 2.20. The third-order valence-corrected chi connectivity index (χ3v) is 6.92. The van der Waals surface area contributed by atoms with E-state index < -0.39 is 11.5 Å². The van der Waals surface area contributed by atoms with E-state index in [0.717, 1.165) is 41.6 Å². The van der Waals surface area contributed by atoms with Crippen molar-refractivity contribution in [2.45, 2.75) is 6.92 Å². The van der Waals surface area contributed by atoms with Crippen molar-refractivity contribution in [3.05, 3.63) is 40.2 Å². The Morgan fingerprint density at radius 3 is 2.83 bits per heavy atom. The fraction of sp³-hybridized carbons (Fsp3) is 0.476. The third-order valence-electron chi connectivity index (χ3n) is 5.16. The number of ether oxygens (including phenoxy) is 2. The summed E-state index contributed by atoms with van der Waals surface area (Å²) in [5, 5.41) is 18.7. The lowest BCUT2D eigenvalue weighted by Gasteiger charge is -2.25. The van der Waals surface area contributed by atoms with Gasteiger partial charge in [0.2, 0.25) is 16.0 Å². The molecule has 1 amide bonds. The van der Waals surface area contributed by atoms with Crippen LogP contribution >= 0.6 is 23.1 Å². The van der Waals surface area contributed by atoms with Gasteiger partial charge in [-0.05, 0) is 13.0 Å². The highest BCUT2D eigenvalue weighted by atomic mass is 32.2. The van der Waals surface area contributed by atoms with Crippen LogP contribution in [-0.4, -0.2) is 88.8 Å². The Bertz CT molecular complexity index is 1190. The van der Waals surface area contributed by atoms with Crippen molar-refractivity contribution >= 4 is 39.8 Å². The molecule has 35 heavy (non-hydrogen) atoms. The molecule has 0 unspecified atom stereocenters. The molecule has 0 aliphatic carbocycles. The fourth-order valence-electron chi connectivity index (χ4n) is 3.33. The van der Waals surface area contributed by atoms with E-state index in [2.05, 4.69) is 30.8 Å². The predicted octanol–water partition coefficient (Wildman–Crippen LogP) is 1.72. The second-order valence-electron chi connectivity index (χ2n) is 7.59. The van der Waals surface area contributed by atoms with Gasteiger partial charge in [-0.2, -0.15) is 16.9 Å². The lowest BCUT2D eigenvalue weighted by Crippen LogP contribution is -2.36. The average molecular weight is 522 g/mol. The van der Waals surface area contributed by atoms with Crippen LogP contribution in [0.2, 0.25) is 0 Å². The maximum atomic E-state index is 12.8. The van der Waals surface area contributed by atoms with E-state index in [1.165, 1.54) is 6.07 Å². The van der Waals surface area contributed by atoms with Crippen LogP contribution in [0.3, 0.4) is 0 Å². The molecule has 12 nitrogen and oxygen atoms in total. The molecule has 4 rings (SSSR count). The van der Waals surface area contributed by atoms with Crippen LogP contribution in [0.25, 0.3) is 5.13 Å². The highest BCUT2D eigenvalue weighted by Crippen LogP contribution is 2.24. The van der Waals surface area contributed by atoms with Gasteiger partial charge >= 0.3 is 5.63 Å². The van der Waals surface area contributed by atoms with Gasteiger partial charge in [0.15, 0.2) is 5.76 Å². The molecule has 14 heteroatoms. The van der Waals surface area contributed by atoms with Gasteiger partial charge in [0.1, 0.15) is 6.61 Å². The van der Waals surface area contributed by atoms with Crippen molar-refractivity contribution in [1.29, 1.82) is 0 Å². The molecule has 0 saturated carbocycles. The first-order valence-electron chi connectivity index (χ1n) is 11.0. The summed E-state index contributed by atoms with van der Waals surface area (Å²) in [6.45, 7) is 5.74. The van der Waals surface area contributed by atoms with E-state index in [1.807, 2.05) is 24.8 Å². The number of nitrogens with zero attached hydrogens (tertiary/aromatic N) is 5. The van der Waals surface area contributed by atoms with E-state index in [9.17, 15) is 9.59 Å². The summed E-state index contributed by atoms with van der Waals surface area (Å²) in [4.78, 5) is 27.8. The van der Waals surface area contributed by atoms with E-state index in [4.69, 9.17) is 13.9 Å². The highest BCUT2D eigenvalue weighted by molar-refractivity contribution is 7.99. The van der Waals surface area contributed by atoms with Gasteiger partial charge in [-0.15, -0.1) is 10.2 Å². The van der Waals surface area contributed by atoms with Gasteiger partial charge in [0.25, 0.3) is 5.91 Å². The molecule has 0 bridgehead atoms. The molecule has 4 heterocycles. The first-order chi connectivity index (χ1) is 17.0. The second-order valence-corrected chi connectivity index (χ2v) is 9.77. The molecule has 2 N–H and O–H groups in total. The lowest BCUT2D eigenvalue weighted by molar-refractivity contribution is 0.0991. The summed E-state index contributed by atoms with van der Waals surface area (Å²) in [5.74, 6) is 1.41. The second kappa shape index (κ2) is 12.2. The number of anilines is 2. The first kappa shape index (κ1) is 25.2. The van der Waals surface area contributed by atoms with Crippen molar-refractivity contribution in [2.75, 3.05) is 68.6 Å². The van der Waals surface area contributed by atoms with Crippen LogP contribution in [-0.2, 0) is 4.74 Å². The van der Waals surface area contributed by atoms with Crippen molar-refractivity contribution in [3.63, 3.8) is 0 Å². The number of methoxy groups -OCH3 is 1. The molecular weight excluding hydrogens is 494 g/mol. The van der Waals surface area contributed by atoms with Crippen molar-refractivity contribution in [2.24, 2.45) is 0 Å². The predicted molar refractivity (Wildman–Crippen MR) is 134 cm³/mol. The largest absolute Gasteiger partial charge is 0.484 e. The molecule has 0 atom stereocenters. The maximum absolute atomic E-state index is 12.8. The minimum atomic E-state index is -0.739. The number of aryl methyl sites for hydroxylation is 1. The van der Waals surface area contributed by atoms with Gasteiger partial charge in [-0.3, -0.25) is 15.0 Å². The quantitative estimate of drug-likeness (QED) is 0.357. The normalized spacial score (nSPS) is 14.1. The molecule has 1 fully saturated rings. The van der Waals surface area contributed by atoms with E-state index >= 15 is 0 Å². The third kappa shape index (κ3) is 6.60. The van der Waals surface area contributed by atoms with Crippen LogP contribution < -0.4 is 21.0 Å². The number of carbonyl (C=O) groups excluding carboxylic acids is 1. The summed E-state index contributed by atoms with van der Waals surface area (Å²) >= 11 is 3.08. The molecular formula is C21H27N7O5S2. The zero-order valence-corrected chi connectivity index (χ0v) is 21.1. The van der Waals surface area contributed by atoms with Gasteiger partial charge in [-0.1, -0.05) is 11.3 Å². The minimum absolute atomic E-state index is 0.0383. The van der Waals surface area contributed by atoms with Gasteiger partial charge in [0.05, 0.1) is 12.3 Å². The zero-order chi connectivity index (χ0) is 24.6. The number of hydrogen-bond donors (Lipinski definition) is 2. The van der Waals surface area contributed by atoms with Gasteiger partial charge in [-0.25, -0.2) is 9.48 Å². The fourth-order valence-corrected chi connectivity index (χ4v) is 5.07. The Morgan fingerprint density at radius 2 is 2.09 bits per heavy atom. The number of rotatable bonds is 11. The number of amides is 1. The molecule has 1 saturated heterocycles. The summed E-state index contributed by atoms with van der Waals surface area (Å²) in [5.41, 5.74) is 0.506. The van der Waals surface area contributed by atoms with Crippen LogP contribution in [0.4, 0.5) is 10.8 Å². The molecule has 0 spiro atoms. The molecule has 1 aliphatic heterocycles. The summed E-state index contributed by atoms with van der Waals surface area (Å²) < 4.78 is 17.8. The van der Waals surface area contributed by atoms with E-state index in [-0.39, 0.29) is 16.6 Å².